The highest BCUT2D eigenvalue weighted by atomic mass is 32.2. The quantitative estimate of drug-likeness (QED) is 0.863. The zero-order chi connectivity index (χ0) is 18.0. The number of rotatable bonds is 5. The number of aryl methyl sites for hydroxylation is 1. The molecule has 0 amide bonds. The maximum absolute atomic E-state index is 12.6. The number of nitrogens with one attached hydrogen (secondary N) is 1. The predicted molar refractivity (Wildman–Crippen MR) is 95.4 cm³/mol. The average Bonchev–Trinajstić information content (AvgIpc) is 2.91. The van der Waals surface area contributed by atoms with Crippen molar-refractivity contribution in [1.29, 1.82) is 0 Å². The van der Waals surface area contributed by atoms with Gasteiger partial charge in [-0.3, -0.25) is 4.57 Å². The van der Waals surface area contributed by atoms with Crippen molar-refractivity contribution in [2.24, 2.45) is 0 Å². The molecule has 0 radical (unpaired) electrons. The Balaban J connectivity index is 1.93. The van der Waals surface area contributed by atoms with Gasteiger partial charge in [-0.2, -0.15) is 9.78 Å². The second kappa shape index (κ2) is 7.13. The van der Waals surface area contributed by atoms with E-state index in [1.165, 1.54) is 0 Å². The van der Waals surface area contributed by atoms with Crippen LogP contribution in [-0.2, 0) is 22.3 Å². The third-order valence-corrected chi connectivity index (χ3v) is 6.18. The molecule has 2 heterocycles. The third-order valence-electron chi connectivity index (χ3n) is 4.60. The molecule has 2 aromatic rings. The van der Waals surface area contributed by atoms with Crippen molar-refractivity contribution in [3.05, 3.63) is 46.1 Å². The van der Waals surface area contributed by atoms with Crippen molar-refractivity contribution in [3.63, 3.8) is 0 Å². The second-order valence-electron chi connectivity index (χ2n) is 6.48. The Bertz CT molecular complexity index is 891. The molecule has 1 N–H and O–H groups in total. The van der Waals surface area contributed by atoms with Crippen molar-refractivity contribution in [1.82, 2.24) is 19.7 Å². The molecule has 0 spiro atoms. The highest BCUT2D eigenvalue weighted by molar-refractivity contribution is 7.90. The minimum atomic E-state index is -3.62. The molecule has 1 atom stereocenters. The lowest BCUT2D eigenvalue weighted by Gasteiger charge is -2.21. The molecule has 7 nitrogen and oxygen atoms in total. The third kappa shape index (κ3) is 3.69. The van der Waals surface area contributed by atoms with Crippen LogP contribution in [0.2, 0.25) is 0 Å². The van der Waals surface area contributed by atoms with Gasteiger partial charge in [0.25, 0.3) is 0 Å². The van der Waals surface area contributed by atoms with E-state index in [1.54, 1.807) is 28.8 Å². The van der Waals surface area contributed by atoms with E-state index in [9.17, 15) is 13.2 Å². The molecule has 1 aromatic carbocycles. The van der Waals surface area contributed by atoms with E-state index in [0.29, 0.717) is 12.4 Å². The highest BCUT2D eigenvalue weighted by Gasteiger charge is 2.25. The molecule has 3 rings (SSSR count). The first-order valence-corrected chi connectivity index (χ1v) is 10.3. The largest absolute Gasteiger partial charge is 0.346 e. The Morgan fingerprint density at radius 3 is 2.60 bits per heavy atom. The van der Waals surface area contributed by atoms with E-state index in [-0.39, 0.29) is 16.5 Å². The summed E-state index contributed by atoms with van der Waals surface area (Å²) >= 11 is 0. The van der Waals surface area contributed by atoms with Crippen molar-refractivity contribution in [2.45, 2.75) is 49.9 Å². The van der Waals surface area contributed by atoms with Crippen LogP contribution in [0.15, 0.2) is 34.0 Å². The number of benzene rings is 1. The van der Waals surface area contributed by atoms with Gasteiger partial charge in [0.2, 0.25) is 0 Å². The van der Waals surface area contributed by atoms with Crippen LogP contribution in [0, 0.1) is 6.92 Å². The molecule has 0 saturated carbocycles. The highest BCUT2D eigenvalue weighted by Crippen LogP contribution is 2.21. The summed E-state index contributed by atoms with van der Waals surface area (Å²) in [6.07, 6.45) is 1.98. The monoisotopic (exact) mass is 364 g/mol. The first kappa shape index (κ1) is 17.9. The summed E-state index contributed by atoms with van der Waals surface area (Å²) in [5.41, 5.74) is 0.622. The molecule has 0 unspecified atom stereocenters. The average molecular weight is 364 g/mol. The predicted octanol–water partition coefficient (Wildman–Crippen LogP) is 1.27. The number of hydrogen-bond donors (Lipinski definition) is 1. The van der Waals surface area contributed by atoms with Crippen LogP contribution in [0.25, 0.3) is 0 Å². The fourth-order valence-electron chi connectivity index (χ4n) is 3.19. The molecule has 1 fully saturated rings. The molecule has 136 valence electrons. The van der Waals surface area contributed by atoms with E-state index in [2.05, 4.69) is 10.4 Å². The Kier molecular flexibility index (Phi) is 5.10. The van der Waals surface area contributed by atoms with Gasteiger partial charge in [0, 0.05) is 19.0 Å². The van der Waals surface area contributed by atoms with Crippen LogP contribution in [0.1, 0.15) is 37.1 Å². The van der Waals surface area contributed by atoms with Gasteiger partial charge in [-0.1, -0.05) is 17.7 Å². The van der Waals surface area contributed by atoms with Gasteiger partial charge in [-0.25, -0.2) is 13.2 Å². The fraction of sp³-hybridized carbons (Fsp3) is 0.529. The van der Waals surface area contributed by atoms with Crippen molar-refractivity contribution < 1.29 is 8.42 Å². The molecular weight excluding hydrogens is 340 g/mol. The molecule has 1 saturated heterocycles. The molecule has 1 aliphatic rings. The number of nitrogens with zero attached hydrogens (tertiary/aromatic N) is 3. The normalized spacial score (nSPS) is 18.4. The molecule has 25 heavy (non-hydrogen) atoms. The molecule has 8 heteroatoms. The molecule has 0 bridgehead atoms. The van der Waals surface area contributed by atoms with Crippen LogP contribution >= 0.6 is 0 Å². The SMILES string of the molecule is CCn1c([C@@H]2CCCNC2)nn(CS(=O)(=O)c2ccc(C)cc2)c1=O. The van der Waals surface area contributed by atoms with Crippen molar-refractivity contribution in [2.75, 3.05) is 13.1 Å². The van der Waals surface area contributed by atoms with E-state index in [4.69, 9.17) is 0 Å². The Morgan fingerprint density at radius 1 is 1.28 bits per heavy atom. The number of aromatic nitrogens is 3. The number of sulfone groups is 1. The summed E-state index contributed by atoms with van der Waals surface area (Å²) < 4.78 is 27.9. The van der Waals surface area contributed by atoms with E-state index in [0.717, 1.165) is 36.2 Å². The summed E-state index contributed by atoms with van der Waals surface area (Å²) in [7, 11) is -3.62. The Morgan fingerprint density at radius 2 is 2.00 bits per heavy atom. The zero-order valence-electron chi connectivity index (χ0n) is 14.6. The van der Waals surface area contributed by atoms with Crippen LogP contribution in [-0.4, -0.2) is 35.9 Å². The lowest BCUT2D eigenvalue weighted by Crippen LogP contribution is -2.31. The maximum atomic E-state index is 12.6. The fourth-order valence-corrected chi connectivity index (χ4v) is 4.38. The first-order valence-electron chi connectivity index (χ1n) is 8.60. The minimum Gasteiger partial charge on any atom is -0.316 e. The van der Waals surface area contributed by atoms with Gasteiger partial charge >= 0.3 is 5.69 Å². The van der Waals surface area contributed by atoms with Gasteiger partial charge in [0.05, 0.1) is 4.90 Å². The van der Waals surface area contributed by atoms with Crippen molar-refractivity contribution >= 4 is 9.84 Å². The summed E-state index contributed by atoms with van der Waals surface area (Å²) in [5.74, 6) is 0.387. The second-order valence-corrected chi connectivity index (χ2v) is 8.44. The molecule has 1 aromatic heterocycles. The number of hydrogen-bond acceptors (Lipinski definition) is 5. The van der Waals surface area contributed by atoms with Crippen LogP contribution < -0.4 is 11.0 Å². The van der Waals surface area contributed by atoms with Crippen LogP contribution in [0.4, 0.5) is 0 Å². The maximum Gasteiger partial charge on any atom is 0.346 e. The number of piperidine rings is 1. The Hall–Kier alpha value is -1.93. The molecule has 1 aliphatic heterocycles. The summed E-state index contributed by atoms with van der Waals surface area (Å²) in [6, 6.07) is 6.63. The Labute approximate surface area is 147 Å². The topological polar surface area (TPSA) is 86.0 Å². The van der Waals surface area contributed by atoms with Crippen LogP contribution in [0.5, 0.6) is 0 Å². The molecular formula is C17H24N4O3S. The standard InChI is InChI=1S/C17H24N4O3S/c1-3-20-16(14-5-4-10-18-11-14)19-21(17(20)22)12-25(23,24)15-8-6-13(2)7-9-15/h6-9,14,18H,3-5,10-12H2,1-2H3/t14-/m1/s1. The van der Waals surface area contributed by atoms with Crippen LogP contribution in [0.3, 0.4) is 0 Å². The summed E-state index contributed by atoms with van der Waals surface area (Å²) in [5, 5.41) is 7.69. The van der Waals surface area contributed by atoms with Crippen molar-refractivity contribution in [3.8, 4) is 0 Å². The smallest absolute Gasteiger partial charge is 0.316 e. The lowest BCUT2D eigenvalue weighted by molar-refractivity contribution is 0.431. The van der Waals surface area contributed by atoms with Gasteiger partial charge in [0.15, 0.2) is 15.7 Å². The van der Waals surface area contributed by atoms with Gasteiger partial charge in [-0.05, 0) is 45.4 Å². The zero-order valence-corrected chi connectivity index (χ0v) is 15.4. The van der Waals surface area contributed by atoms with Gasteiger partial charge in [-0.15, -0.1) is 0 Å². The van der Waals surface area contributed by atoms with Gasteiger partial charge < -0.3 is 5.32 Å². The van der Waals surface area contributed by atoms with E-state index >= 15 is 0 Å². The van der Waals surface area contributed by atoms with E-state index < -0.39 is 15.7 Å². The minimum absolute atomic E-state index is 0.143. The molecule has 0 aliphatic carbocycles. The summed E-state index contributed by atoms with van der Waals surface area (Å²) in [4.78, 5) is 12.8. The summed E-state index contributed by atoms with van der Waals surface area (Å²) in [6.45, 7) is 5.99. The van der Waals surface area contributed by atoms with E-state index in [1.807, 2.05) is 13.8 Å². The lowest BCUT2D eigenvalue weighted by atomic mass is 9.99. The van der Waals surface area contributed by atoms with Gasteiger partial charge in [0.1, 0.15) is 5.82 Å². The first-order chi connectivity index (χ1) is 11.9.